The molecule has 3 aromatic heterocycles. The molecular weight excluding hydrogens is 594 g/mol. The first-order chi connectivity index (χ1) is 21.5. The van der Waals surface area contributed by atoms with Gasteiger partial charge in [-0.1, -0.05) is 42.5 Å². The summed E-state index contributed by atoms with van der Waals surface area (Å²) in [6.07, 6.45) is -0.753. The second kappa shape index (κ2) is 12.7. The van der Waals surface area contributed by atoms with Crippen LogP contribution >= 0.6 is 11.3 Å². The average molecular weight is 628 g/mol. The Morgan fingerprint density at radius 1 is 0.889 bits per heavy atom. The fourth-order valence-corrected chi connectivity index (χ4v) is 5.81. The van der Waals surface area contributed by atoms with E-state index in [2.05, 4.69) is 26.1 Å². The monoisotopic (exact) mass is 627 g/mol. The van der Waals surface area contributed by atoms with Gasteiger partial charge >= 0.3 is 6.09 Å². The molecular formula is C32H33N7O5S. The molecule has 5 rings (SSSR count). The smallest absolute Gasteiger partial charge is 0.436 e. The molecule has 0 aliphatic rings. The van der Waals surface area contributed by atoms with E-state index < -0.39 is 23.4 Å². The predicted molar refractivity (Wildman–Crippen MR) is 172 cm³/mol. The number of anilines is 2. The molecule has 45 heavy (non-hydrogen) atoms. The van der Waals surface area contributed by atoms with Crippen LogP contribution in [0.25, 0.3) is 10.2 Å². The van der Waals surface area contributed by atoms with Crippen LogP contribution in [0.3, 0.4) is 0 Å². The summed E-state index contributed by atoms with van der Waals surface area (Å²) in [5.74, 6) is -1.30. The molecule has 0 saturated carbocycles. The topological polar surface area (TPSA) is 149 Å². The van der Waals surface area contributed by atoms with Crippen LogP contribution < -0.4 is 16.0 Å². The van der Waals surface area contributed by atoms with Crippen molar-refractivity contribution in [2.24, 2.45) is 0 Å². The van der Waals surface area contributed by atoms with Gasteiger partial charge in [0.2, 0.25) is 0 Å². The quantitative estimate of drug-likeness (QED) is 0.187. The summed E-state index contributed by atoms with van der Waals surface area (Å²) in [5.41, 5.74) is 1.74. The van der Waals surface area contributed by atoms with Crippen LogP contribution in [0.2, 0.25) is 0 Å². The highest BCUT2D eigenvalue weighted by Crippen LogP contribution is 2.33. The second-order valence-corrected chi connectivity index (χ2v) is 11.7. The van der Waals surface area contributed by atoms with Gasteiger partial charge < -0.3 is 20.7 Å². The number of aryl methyl sites for hydroxylation is 2. The standard InChI is InChI=1S/C32H33N7O5S/c1-6-38-24(17-19(3)36-38)28(41)33-23-16-12-11-15-21(23)27(40)34-26-22-18-25(45-30(22)39(37-26)31(43)44-7-2)29(42)35-32(4,5)20-13-9-8-10-14-20/h8-18H,6-7H2,1-5H3,(H,33,41)(H,35,42)(H,34,37,40). The van der Waals surface area contributed by atoms with Gasteiger partial charge in [-0.05, 0) is 64.4 Å². The summed E-state index contributed by atoms with van der Waals surface area (Å²) < 4.78 is 7.78. The zero-order valence-corrected chi connectivity index (χ0v) is 26.3. The number of benzene rings is 2. The molecule has 0 aliphatic carbocycles. The van der Waals surface area contributed by atoms with Crippen LogP contribution in [-0.2, 0) is 16.8 Å². The zero-order chi connectivity index (χ0) is 32.3. The number of hydrogen-bond acceptors (Lipinski definition) is 8. The number of hydrogen-bond donors (Lipinski definition) is 3. The predicted octanol–water partition coefficient (Wildman–Crippen LogP) is 5.80. The molecule has 5 aromatic rings. The van der Waals surface area contributed by atoms with Gasteiger partial charge in [0.1, 0.15) is 10.5 Å². The number of fused-ring (bicyclic) bond motifs is 1. The highest BCUT2D eigenvalue weighted by atomic mass is 32.1. The van der Waals surface area contributed by atoms with E-state index in [1.54, 1.807) is 54.9 Å². The van der Waals surface area contributed by atoms with Crippen molar-refractivity contribution in [3.05, 3.63) is 94.1 Å². The number of ether oxygens (including phenoxy) is 1. The normalized spacial score (nSPS) is 11.3. The maximum atomic E-state index is 13.6. The van der Waals surface area contributed by atoms with Gasteiger partial charge in [-0.15, -0.1) is 16.4 Å². The number of aromatic nitrogens is 4. The largest absolute Gasteiger partial charge is 0.448 e. The van der Waals surface area contributed by atoms with E-state index in [4.69, 9.17) is 4.74 Å². The highest BCUT2D eigenvalue weighted by molar-refractivity contribution is 7.20. The lowest BCUT2D eigenvalue weighted by Crippen LogP contribution is -2.40. The van der Waals surface area contributed by atoms with E-state index in [9.17, 15) is 19.2 Å². The maximum Gasteiger partial charge on any atom is 0.436 e. The summed E-state index contributed by atoms with van der Waals surface area (Å²) in [4.78, 5) is 53.5. The van der Waals surface area contributed by atoms with Crippen molar-refractivity contribution in [2.75, 3.05) is 17.2 Å². The number of rotatable bonds is 9. The van der Waals surface area contributed by atoms with Crippen molar-refractivity contribution in [2.45, 2.75) is 46.7 Å². The number of para-hydroxylation sites is 1. The second-order valence-electron chi connectivity index (χ2n) is 10.7. The molecule has 232 valence electrons. The molecule has 0 aliphatic heterocycles. The number of carbonyl (C=O) groups excluding carboxylic acids is 4. The maximum absolute atomic E-state index is 13.6. The molecule has 0 spiro atoms. The Hall–Kier alpha value is -5.30. The molecule has 3 heterocycles. The third kappa shape index (κ3) is 6.48. The zero-order valence-electron chi connectivity index (χ0n) is 25.5. The highest BCUT2D eigenvalue weighted by Gasteiger charge is 2.28. The van der Waals surface area contributed by atoms with Crippen molar-refractivity contribution >= 4 is 56.9 Å². The van der Waals surface area contributed by atoms with Gasteiger partial charge in [-0.25, -0.2) is 4.79 Å². The van der Waals surface area contributed by atoms with Crippen molar-refractivity contribution < 1.29 is 23.9 Å². The summed E-state index contributed by atoms with van der Waals surface area (Å²) in [6, 6.07) is 19.3. The minimum absolute atomic E-state index is 0.0569. The van der Waals surface area contributed by atoms with Crippen LogP contribution in [0.1, 0.15) is 69.5 Å². The lowest BCUT2D eigenvalue weighted by molar-refractivity contribution is 0.0915. The van der Waals surface area contributed by atoms with Crippen molar-refractivity contribution in [3.63, 3.8) is 0 Å². The minimum Gasteiger partial charge on any atom is -0.448 e. The van der Waals surface area contributed by atoms with Gasteiger partial charge in [0.25, 0.3) is 17.7 Å². The fraction of sp³-hybridized carbons (Fsp3) is 0.250. The van der Waals surface area contributed by atoms with Gasteiger partial charge in [0.15, 0.2) is 5.82 Å². The summed E-state index contributed by atoms with van der Waals surface area (Å²) in [6.45, 7) is 9.74. The first-order valence-electron chi connectivity index (χ1n) is 14.4. The fourth-order valence-electron chi connectivity index (χ4n) is 4.81. The number of amides is 3. The Balaban J connectivity index is 1.44. The average Bonchev–Trinajstić information content (AvgIpc) is 3.72. The SMILES string of the molecule is CCOC(=O)n1nc(NC(=O)c2ccccc2NC(=O)c2cc(C)nn2CC)c2cc(C(=O)NC(C)(C)c3ccccc3)sc21. The molecule has 13 heteroatoms. The first-order valence-corrected chi connectivity index (χ1v) is 15.2. The van der Waals surface area contributed by atoms with Crippen LogP contribution in [0.15, 0.2) is 66.7 Å². The Labute approximate surface area is 263 Å². The summed E-state index contributed by atoms with van der Waals surface area (Å²) >= 11 is 1.05. The van der Waals surface area contributed by atoms with Crippen molar-refractivity contribution in [1.82, 2.24) is 24.9 Å². The molecule has 0 unspecified atom stereocenters. The Kier molecular flexibility index (Phi) is 8.82. The minimum atomic E-state index is -0.753. The number of nitrogens with zero attached hydrogens (tertiary/aromatic N) is 4. The first kappa shape index (κ1) is 31.1. The Morgan fingerprint density at radius 3 is 2.31 bits per heavy atom. The molecule has 2 aromatic carbocycles. The molecule has 0 bridgehead atoms. The summed E-state index contributed by atoms with van der Waals surface area (Å²) in [5, 5.41) is 17.6. The lowest BCUT2D eigenvalue weighted by Gasteiger charge is -2.26. The van der Waals surface area contributed by atoms with Crippen molar-refractivity contribution in [3.8, 4) is 0 Å². The third-order valence-corrected chi connectivity index (χ3v) is 8.14. The molecule has 0 saturated heterocycles. The van der Waals surface area contributed by atoms with E-state index in [1.165, 1.54) is 0 Å². The van der Waals surface area contributed by atoms with E-state index in [-0.39, 0.29) is 29.6 Å². The lowest BCUT2D eigenvalue weighted by atomic mass is 9.94. The van der Waals surface area contributed by atoms with Crippen LogP contribution in [0, 0.1) is 6.92 Å². The van der Waals surface area contributed by atoms with E-state index in [0.29, 0.717) is 33.0 Å². The van der Waals surface area contributed by atoms with Crippen LogP contribution in [-0.4, -0.2) is 50.0 Å². The summed E-state index contributed by atoms with van der Waals surface area (Å²) in [7, 11) is 0. The molecule has 3 N–H and O–H groups in total. The number of nitrogens with one attached hydrogen (secondary N) is 3. The van der Waals surface area contributed by atoms with Gasteiger partial charge in [0, 0.05) is 6.54 Å². The number of carbonyl (C=O) groups is 4. The van der Waals surface area contributed by atoms with E-state index in [1.807, 2.05) is 51.1 Å². The van der Waals surface area contributed by atoms with Gasteiger partial charge in [-0.3, -0.25) is 19.1 Å². The van der Waals surface area contributed by atoms with Crippen LogP contribution in [0.5, 0.6) is 0 Å². The van der Waals surface area contributed by atoms with Gasteiger partial charge in [-0.2, -0.15) is 9.78 Å². The third-order valence-electron chi connectivity index (χ3n) is 7.03. The van der Waals surface area contributed by atoms with Crippen LogP contribution in [0.4, 0.5) is 16.3 Å². The molecule has 12 nitrogen and oxygen atoms in total. The molecule has 0 radical (unpaired) electrons. The number of thiophene rings is 1. The Bertz CT molecular complexity index is 1910. The van der Waals surface area contributed by atoms with E-state index >= 15 is 0 Å². The molecule has 0 atom stereocenters. The molecule has 0 fully saturated rings. The molecule has 3 amide bonds. The van der Waals surface area contributed by atoms with Crippen molar-refractivity contribution in [1.29, 1.82) is 0 Å². The van der Waals surface area contributed by atoms with Gasteiger partial charge in [0.05, 0.1) is 39.4 Å². The Morgan fingerprint density at radius 2 is 1.60 bits per heavy atom. The van der Waals surface area contributed by atoms with E-state index in [0.717, 1.165) is 21.6 Å².